The molecule has 3 aromatic heterocycles. The van der Waals surface area contributed by atoms with E-state index in [1.807, 2.05) is 36.2 Å². The van der Waals surface area contributed by atoms with Gasteiger partial charge in [0.15, 0.2) is 0 Å². The van der Waals surface area contributed by atoms with Crippen molar-refractivity contribution in [1.29, 1.82) is 0 Å². The van der Waals surface area contributed by atoms with Crippen LogP contribution in [0.3, 0.4) is 0 Å². The lowest BCUT2D eigenvalue weighted by Crippen LogP contribution is -2.23. The van der Waals surface area contributed by atoms with Crippen LogP contribution < -0.4 is 10.1 Å². The van der Waals surface area contributed by atoms with Gasteiger partial charge in [0.05, 0.1) is 24.3 Å². The molecule has 4 heterocycles. The summed E-state index contributed by atoms with van der Waals surface area (Å²) in [6.45, 7) is 2.26. The molecule has 0 amide bonds. The van der Waals surface area contributed by atoms with Gasteiger partial charge in [-0.05, 0) is 43.7 Å². The number of hydrogen-bond donors (Lipinski definition) is 1. The van der Waals surface area contributed by atoms with Crippen molar-refractivity contribution in [1.82, 2.24) is 29.7 Å². The number of fused-ring (bicyclic) bond motifs is 1. The fourth-order valence-corrected chi connectivity index (χ4v) is 4.27. The second-order valence-corrected chi connectivity index (χ2v) is 7.40. The van der Waals surface area contributed by atoms with Crippen molar-refractivity contribution >= 4 is 5.52 Å². The van der Waals surface area contributed by atoms with Crippen LogP contribution in [0.2, 0.25) is 0 Å². The molecule has 1 aliphatic carbocycles. The quantitative estimate of drug-likeness (QED) is 0.791. The number of rotatable bonds is 3. The first-order chi connectivity index (χ1) is 12.2. The zero-order chi connectivity index (χ0) is 16.9. The van der Waals surface area contributed by atoms with Crippen molar-refractivity contribution < 1.29 is 4.74 Å². The third kappa shape index (κ3) is 2.59. The van der Waals surface area contributed by atoms with Crippen molar-refractivity contribution in [2.24, 2.45) is 12.5 Å². The minimum Gasteiger partial charge on any atom is -0.473 e. The van der Waals surface area contributed by atoms with Gasteiger partial charge in [0, 0.05) is 25.4 Å². The topological polar surface area (TPSA) is 69.3 Å². The van der Waals surface area contributed by atoms with Gasteiger partial charge in [-0.15, -0.1) is 0 Å². The second kappa shape index (κ2) is 5.56. The predicted octanol–water partition coefficient (Wildman–Crippen LogP) is 2.04. The molecule has 2 fully saturated rings. The minimum atomic E-state index is 0.232. The predicted molar refractivity (Wildman–Crippen MR) is 93.4 cm³/mol. The molecular formula is C18H22N6O. The van der Waals surface area contributed by atoms with Gasteiger partial charge in [-0.25, -0.2) is 9.50 Å². The second-order valence-electron chi connectivity index (χ2n) is 7.40. The van der Waals surface area contributed by atoms with Gasteiger partial charge in [-0.2, -0.15) is 10.2 Å². The van der Waals surface area contributed by atoms with Gasteiger partial charge < -0.3 is 10.1 Å². The summed E-state index contributed by atoms with van der Waals surface area (Å²) in [6, 6.07) is 1.96. The maximum absolute atomic E-state index is 6.38. The molecule has 7 heteroatoms. The van der Waals surface area contributed by atoms with Crippen LogP contribution in [0.4, 0.5) is 0 Å². The highest BCUT2D eigenvalue weighted by Crippen LogP contribution is 2.44. The van der Waals surface area contributed by atoms with Crippen LogP contribution >= 0.6 is 0 Å². The molecule has 1 aliphatic heterocycles. The fourth-order valence-electron chi connectivity index (χ4n) is 4.27. The van der Waals surface area contributed by atoms with E-state index in [9.17, 15) is 0 Å². The zero-order valence-corrected chi connectivity index (χ0v) is 14.4. The lowest BCUT2D eigenvalue weighted by Gasteiger charge is -2.21. The monoisotopic (exact) mass is 338 g/mol. The van der Waals surface area contributed by atoms with Crippen molar-refractivity contribution in [2.75, 3.05) is 13.1 Å². The van der Waals surface area contributed by atoms with E-state index < -0.39 is 0 Å². The van der Waals surface area contributed by atoms with E-state index in [-0.39, 0.29) is 6.10 Å². The summed E-state index contributed by atoms with van der Waals surface area (Å²) in [5.74, 6) is 0.673. The number of ether oxygens (including phenoxy) is 1. The fraction of sp³-hybridized carbons (Fsp3) is 0.500. The summed E-state index contributed by atoms with van der Waals surface area (Å²) in [5.41, 5.74) is 3.14. The number of nitrogens with zero attached hydrogens (tertiary/aromatic N) is 5. The van der Waals surface area contributed by atoms with Gasteiger partial charge in [-0.1, -0.05) is 0 Å². The molecule has 130 valence electrons. The van der Waals surface area contributed by atoms with Gasteiger partial charge >= 0.3 is 0 Å². The van der Waals surface area contributed by atoms with Crippen LogP contribution in [0.15, 0.2) is 30.9 Å². The summed E-state index contributed by atoms with van der Waals surface area (Å²) in [4.78, 5) is 4.78. The average molecular weight is 338 g/mol. The Hall–Kier alpha value is -2.41. The van der Waals surface area contributed by atoms with Gasteiger partial charge in [0.25, 0.3) is 0 Å². The number of aryl methyl sites for hydroxylation is 1. The Morgan fingerprint density at radius 1 is 1.28 bits per heavy atom. The highest BCUT2D eigenvalue weighted by molar-refractivity contribution is 5.63. The standard InChI is InChI=1S/C18H22N6O/c1-23-10-13(9-21-23)15-11-24-16(3-6-20-24)17(22-15)25-14-2-4-18(8-14)5-7-19-12-18/h3,6,9-11,14,19H,2,4-5,7-8,12H2,1H3. The third-order valence-electron chi connectivity index (χ3n) is 5.62. The number of aromatic nitrogens is 5. The van der Waals surface area contributed by atoms with E-state index in [1.165, 1.54) is 12.8 Å². The molecule has 0 bridgehead atoms. The first-order valence-corrected chi connectivity index (χ1v) is 8.92. The summed E-state index contributed by atoms with van der Waals surface area (Å²) in [7, 11) is 1.90. The SMILES string of the molecule is Cn1cc(-c2cn3nccc3c(OC3CCC4(CCNC4)C3)n2)cn1. The third-order valence-corrected chi connectivity index (χ3v) is 5.62. The Bertz CT molecular complexity index is 907. The lowest BCUT2D eigenvalue weighted by atomic mass is 9.85. The molecule has 5 rings (SSSR count). The van der Waals surface area contributed by atoms with Crippen LogP contribution in [0.25, 0.3) is 16.8 Å². The highest BCUT2D eigenvalue weighted by atomic mass is 16.5. The summed E-state index contributed by atoms with van der Waals surface area (Å²) in [6.07, 6.45) is 12.4. The zero-order valence-electron chi connectivity index (χ0n) is 14.4. The summed E-state index contributed by atoms with van der Waals surface area (Å²) >= 11 is 0. The lowest BCUT2D eigenvalue weighted by molar-refractivity contribution is 0.183. The average Bonchev–Trinajstić information content (AvgIpc) is 3.37. The van der Waals surface area contributed by atoms with Crippen LogP contribution in [0.5, 0.6) is 5.88 Å². The van der Waals surface area contributed by atoms with Gasteiger partial charge in [0.1, 0.15) is 11.6 Å². The Balaban J connectivity index is 1.47. The molecule has 2 unspecified atom stereocenters. The molecule has 25 heavy (non-hydrogen) atoms. The van der Waals surface area contributed by atoms with Crippen molar-refractivity contribution in [3.8, 4) is 17.1 Å². The van der Waals surface area contributed by atoms with Gasteiger partial charge in [0.2, 0.25) is 5.88 Å². The van der Waals surface area contributed by atoms with Crippen molar-refractivity contribution in [3.05, 3.63) is 30.9 Å². The van der Waals surface area contributed by atoms with E-state index in [0.29, 0.717) is 11.3 Å². The van der Waals surface area contributed by atoms with E-state index in [2.05, 4.69) is 15.5 Å². The Morgan fingerprint density at radius 3 is 3.04 bits per heavy atom. The van der Waals surface area contributed by atoms with Crippen LogP contribution in [-0.4, -0.2) is 43.6 Å². The maximum Gasteiger partial charge on any atom is 0.240 e. The van der Waals surface area contributed by atoms with Gasteiger partial charge in [-0.3, -0.25) is 4.68 Å². The molecule has 1 spiro atoms. The molecule has 1 saturated heterocycles. The molecule has 1 N–H and O–H groups in total. The van der Waals surface area contributed by atoms with Crippen molar-refractivity contribution in [2.45, 2.75) is 31.8 Å². The first-order valence-electron chi connectivity index (χ1n) is 8.92. The normalized spacial score (nSPS) is 26.0. The smallest absolute Gasteiger partial charge is 0.240 e. The first kappa shape index (κ1) is 14.9. The Labute approximate surface area is 146 Å². The molecule has 2 aliphatic rings. The van der Waals surface area contributed by atoms with E-state index in [1.54, 1.807) is 10.9 Å². The molecule has 0 aromatic carbocycles. The van der Waals surface area contributed by atoms with E-state index in [4.69, 9.17) is 9.72 Å². The minimum absolute atomic E-state index is 0.232. The Morgan fingerprint density at radius 2 is 2.24 bits per heavy atom. The van der Waals surface area contributed by atoms with Crippen molar-refractivity contribution in [3.63, 3.8) is 0 Å². The van der Waals surface area contributed by atoms with Crippen LogP contribution in [-0.2, 0) is 7.05 Å². The molecule has 3 aromatic rings. The molecule has 0 radical (unpaired) electrons. The number of hydrogen-bond acceptors (Lipinski definition) is 5. The largest absolute Gasteiger partial charge is 0.473 e. The summed E-state index contributed by atoms with van der Waals surface area (Å²) < 4.78 is 9.99. The van der Waals surface area contributed by atoms with Crippen LogP contribution in [0.1, 0.15) is 25.7 Å². The van der Waals surface area contributed by atoms with E-state index in [0.717, 1.165) is 42.7 Å². The van der Waals surface area contributed by atoms with E-state index >= 15 is 0 Å². The Kier molecular flexibility index (Phi) is 3.31. The molecule has 7 nitrogen and oxygen atoms in total. The molecule has 2 atom stereocenters. The summed E-state index contributed by atoms with van der Waals surface area (Å²) in [5, 5.41) is 12.1. The molecule has 1 saturated carbocycles. The maximum atomic E-state index is 6.38. The molecular weight excluding hydrogens is 316 g/mol. The van der Waals surface area contributed by atoms with Crippen LogP contribution in [0, 0.1) is 5.41 Å². The highest BCUT2D eigenvalue weighted by Gasteiger charge is 2.42. The number of nitrogens with one attached hydrogen (secondary N) is 1.